The normalized spacial score (nSPS) is 16.2. The van der Waals surface area contributed by atoms with Crippen LogP contribution in [0.3, 0.4) is 0 Å². The van der Waals surface area contributed by atoms with Crippen molar-refractivity contribution in [2.24, 2.45) is 0 Å². The van der Waals surface area contributed by atoms with Crippen LogP contribution < -0.4 is 0 Å². The van der Waals surface area contributed by atoms with E-state index in [1.165, 1.54) is 21.6 Å². The number of thioether (sulfide) groups is 2. The standard InChI is InChI=1S/C25H32N4OS2/c1-19-7-4-5-8-21(19)18-32-25-27-26-24(29(25)16-22-9-6-14-30-22)17-28(2)15-20-10-12-23(31-3)13-11-20/h4-5,7-8,10-13,22H,6,9,14-18H2,1-3H3/t22-/m0/s1. The number of hydrogen-bond donors (Lipinski definition) is 0. The molecule has 170 valence electrons. The average molecular weight is 469 g/mol. The van der Waals surface area contributed by atoms with Crippen molar-refractivity contribution in [3.63, 3.8) is 0 Å². The summed E-state index contributed by atoms with van der Waals surface area (Å²) in [6.45, 7) is 5.50. The summed E-state index contributed by atoms with van der Waals surface area (Å²) in [6.07, 6.45) is 4.61. The summed E-state index contributed by atoms with van der Waals surface area (Å²) in [5, 5.41) is 10.2. The molecule has 1 saturated heterocycles. The lowest BCUT2D eigenvalue weighted by Crippen LogP contribution is -2.23. The minimum absolute atomic E-state index is 0.256. The van der Waals surface area contributed by atoms with E-state index >= 15 is 0 Å². The molecular formula is C25H32N4OS2. The number of hydrogen-bond acceptors (Lipinski definition) is 6. The van der Waals surface area contributed by atoms with E-state index in [9.17, 15) is 0 Å². The van der Waals surface area contributed by atoms with Gasteiger partial charge in [-0.25, -0.2) is 0 Å². The van der Waals surface area contributed by atoms with E-state index in [0.29, 0.717) is 0 Å². The number of aryl methyl sites for hydroxylation is 1. The highest BCUT2D eigenvalue weighted by atomic mass is 32.2. The molecule has 0 bridgehead atoms. The first-order valence-corrected chi connectivity index (χ1v) is 13.4. The predicted octanol–water partition coefficient (Wildman–Crippen LogP) is 5.41. The Morgan fingerprint density at radius 2 is 1.91 bits per heavy atom. The van der Waals surface area contributed by atoms with E-state index in [1.54, 1.807) is 23.5 Å². The first-order valence-electron chi connectivity index (χ1n) is 11.1. The van der Waals surface area contributed by atoms with Gasteiger partial charge < -0.3 is 9.30 Å². The molecule has 1 atom stereocenters. The van der Waals surface area contributed by atoms with E-state index in [2.05, 4.69) is 88.4 Å². The Balaban J connectivity index is 1.46. The van der Waals surface area contributed by atoms with E-state index in [0.717, 1.165) is 55.8 Å². The Kier molecular flexibility index (Phi) is 8.30. The summed E-state index contributed by atoms with van der Waals surface area (Å²) in [6, 6.07) is 17.4. The average Bonchev–Trinajstić information content (AvgIpc) is 3.45. The number of rotatable bonds is 10. The third-order valence-corrected chi connectivity index (χ3v) is 7.60. The summed E-state index contributed by atoms with van der Waals surface area (Å²) < 4.78 is 8.22. The van der Waals surface area contributed by atoms with Gasteiger partial charge in [-0.05, 0) is 61.9 Å². The first-order chi connectivity index (χ1) is 15.6. The van der Waals surface area contributed by atoms with Crippen molar-refractivity contribution in [3.05, 3.63) is 71.0 Å². The van der Waals surface area contributed by atoms with Crippen molar-refractivity contribution < 1.29 is 4.74 Å². The van der Waals surface area contributed by atoms with E-state index < -0.39 is 0 Å². The molecule has 2 heterocycles. The maximum atomic E-state index is 5.94. The Morgan fingerprint density at radius 1 is 1.09 bits per heavy atom. The zero-order valence-electron chi connectivity index (χ0n) is 19.2. The molecule has 4 rings (SSSR count). The molecule has 0 radical (unpaired) electrons. The maximum Gasteiger partial charge on any atom is 0.191 e. The minimum atomic E-state index is 0.256. The predicted molar refractivity (Wildman–Crippen MR) is 133 cm³/mol. The zero-order chi connectivity index (χ0) is 22.3. The molecule has 0 spiro atoms. The highest BCUT2D eigenvalue weighted by molar-refractivity contribution is 7.98. The largest absolute Gasteiger partial charge is 0.376 e. The van der Waals surface area contributed by atoms with Gasteiger partial charge in [-0.15, -0.1) is 22.0 Å². The fraction of sp³-hybridized carbons (Fsp3) is 0.440. The van der Waals surface area contributed by atoms with Crippen LogP contribution in [0, 0.1) is 6.92 Å². The first kappa shape index (κ1) is 23.4. The van der Waals surface area contributed by atoms with Crippen LogP contribution in [0.4, 0.5) is 0 Å². The molecule has 0 N–H and O–H groups in total. The number of nitrogens with zero attached hydrogens (tertiary/aromatic N) is 4. The van der Waals surface area contributed by atoms with Gasteiger partial charge in [0.2, 0.25) is 0 Å². The van der Waals surface area contributed by atoms with Gasteiger partial charge in [0.25, 0.3) is 0 Å². The molecule has 3 aromatic rings. The van der Waals surface area contributed by atoms with Crippen LogP contribution >= 0.6 is 23.5 Å². The molecule has 0 amide bonds. The topological polar surface area (TPSA) is 43.2 Å². The molecular weight excluding hydrogens is 436 g/mol. The van der Waals surface area contributed by atoms with Crippen molar-refractivity contribution in [1.29, 1.82) is 0 Å². The lowest BCUT2D eigenvalue weighted by molar-refractivity contribution is 0.0934. The lowest BCUT2D eigenvalue weighted by Gasteiger charge is -2.19. The van der Waals surface area contributed by atoms with Crippen molar-refractivity contribution in [2.75, 3.05) is 19.9 Å². The van der Waals surface area contributed by atoms with Gasteiger partial charge >= 0.3 is 0 Å². The molecule has 1 aromatic heterocycles. The third kappa shape index (κ3) is 6.16. The highest BCUT2D eigenvalue weighted by Gasteiger charge is 2.22. The Labute approximate surface area is 200 Å². The molecule has 0 aliphatic carbocycles. The molecule has 5 nitrogen and oxygen atoms in total. The van der Waals surface area contributed by atoms with Crippen LogP contribution in [0.15, 0.2) is 58.6 Å². The van der Waals surface area contributed by atoms with Gasteiger partial charge in [0, 0.05) is 23.8 Å². The Morgan fingerprint density at radius 3 is 2.62 bits per heavy atom. The highest BCUT2D eigenvalue weighted by Crippen LogP contribution is 2.26. The summed E-state index contributed by atoms with van der Waals surface area (Å²) in [5.41, 5.74) is 3.97. The number of ether oxygens (including phenoxy) is 1. The van der Waals surface area contributed by atoms with Gasteiger partial charge in [0.15, 0.2) is 5.16 Å². The summed E-state index contributed by atoms with van der Waals surface area (Å²) >= 11 is 3.54. The molecule has 7 heteroatoms. The maximum absolute atomic E-state index is 5.94. The van der Waals surface area contributed by atoms with E-state index in [-0.39, 0.29) is 6.10 Å². The van der Waals surface area contributed by atoms with Gasteiger partial charge in [-0.2, -0.15) is 0 Å². The third-order valence-electron chi connectivity index (χ3n) is 5.84. The zero-order valence-corrected chi connectivity index (χ0v) is 20.8. The van der Waals surface area contributed by atoms with E-state index in [4.69, 9.17) is 4.74 Å². The summed E-state index contributed by atoms with van der Waals surface area (Å²) in [4.78, 5) is 3.60. The van der Waals surface area contributed by atoms with Gasteiger partial charge in [-0.1, -0.05) is 48.2 Å². The van der Waals surface area contributed by atoms with Gasteiger partial charge in [0.05, 0.1) is 19.2 Å². The Bertz CT molecular complexity index is 999. The van der Waals surface area contributed by atoms with Crippen molar-refractivity contribution in [1.82, 2.24) is 19.7 Å². The SMILES string of the molecule is CSc1ccc(CN(C)Cc2nnc(SCc3ccccc3C)n2C[C@@H]2CCCO2)cc1. The quantitative estimate of drug-likeness (QED) is 0.371. The monoisotopic (exact) mass is 468 g/mol. The fourth-order valence-corrected chi connectivity index (χ4v) is 5.42. The molecule has 1 aliphatic heterocycles. The van der Waals surface area contributed by atoms with Crippen LogP contribution in [0.5, 0.6) is 0 Å². The molecule has 0 saturated carbocycles. The molecule has 2 aromatic carbocycles. The molecule has 1 fully saturated rings. The van der Waals surface area contributed by atoms with E-state index in [1.807, 2.05) is 0 Å². The Hall–Kier alpha value is -1.80. The molecule has 0 unspecified atom stereocenters. The second-order valence-corrected chi connectivity index (χ2v) is 10.2. The van der Waals surface area contributed by atoms with Gasteiger partial charge in [0.1, 0.15) is 5.82 Å². The number of aromatic nitrogens is 3. The van der Waals surface area contributed by atoms with Crippen molar-refractivity contribution >= 4 is 23.5 Å². The second kappa shape index (κ2) is 11.4. The second-order valence-electron chi connectivity index (χ2n) is 8.38. The summed E-state index contributed by atoms with van der Waals surface area (Å²) in [5.74, 6) is 1.91. The van der Waals surface area contributed by atoms with Crippen LogP contribution in [0.1, 0.15) is 35.4 Å². The lowest BCUT2D eigenvalue weighted by atomic mass is 10.1. The van der Waals surface area contributed by atoms with Crippen molar-refractivity contribution in [3.8, 4) is 0 Å². The van der Waals surface area contributed by atoms with Crippen molar-refractivity contribution in [2.45, 2.75) is 61.3 Å². The summed E-state index contributed by atoms with van der Waals surface area (Å²) in [7, 11) is 2.15. The smallest absolute Gasteiger partial charge is 0.191 e. The number of benzene rings is 2. The van der Waals surface area contributed by atoms with Crippen LogP contribution in [0.25, 0.3) is 0 Å². The van der Waals surface area contributed by atoms with Gasteiger partial charge in [-0.3, -0.25) is 4.90 Å². The van der Waals surface area contributed by atoms with Crippen LogP contribution in [-0.2, 0) is 30.1 Å². The minimum Gasteiger partial charge on any atom is -0.376 e. The molecule has 32 heavy (non-hydrogen) atoms. The fourth-order valence-electron chi connectivity index (χ4n) is 3.97. The van der Waals surface area contributed by atoms with Crippen LogP contribution in [0.2, 0.25) is 0 Å². The molecule has 1 aliphatic rings. The van der Waals surface area contributed by atoms with Crippen LogP contribution in [-0.4, -0.2) is 45.7 Å².